The highest BCUT2D eigenvalue weighted by Gasteiger charge is 2.33. The monoisotopic (exact) mass is 386 g/mol. The number of benzene rings is 2. The molecule has 0 saturated heterocycles. The number of methoxy groups -OCH3 is 2. The van der Waals surface area contributed by atoms with Crippen LogP contribution in [0.1, 0.15) is 18.5 Å². The molecule has 0 aliphatic carbocycles. The van der Waals surface area contributed by atoms with Crippen molar-refractivity contribution in [2.24, 2.45) is 0 Å². The smallest absolute Gasteiger partial charge is 0.338 e. The minimum atomic E-state index is -0.491. The average molecular weight is 386 g/mol. The lowest BCUT2D eigenvalue weighted by molar-refractivity contribution is -0.140. The zero-order valence-electron chi connectivity index (χ0n) is 15.5. The minimum Gasteiger partial charge on any atom is -0.496 e. The first-order valence-corrected chi connectivity index (χ1v) is 8.97. The highest BCUT2D eigenvalue weighted by molar-refractivity contribution is 7.80. The Balaban J connectivity index is 2.13. The summed E-state index contributed by atoms with van der Waals surface area (Å²) in [5.41, 5.74) is 1.97. The number of hydrogen-bond donors (Lipinski definition) is 2. The van der Waals surface area contributed by atoms with E-state index in [1.54, 1.807) is 14.2 Å². The van der Waals surface area contributed by atoms with Crippen molar-refractivity contribution in [2.45, 2.75) is 13.0 Å². The first-order valence-electron chi connectivity index (χ1n) is 8.56. The number of fused-ring (bicyclic) bond motifs is 1. The molecule has 2 aromatic rings. The molecule has 1 aliphatic rings. The van der Waals surface area contributed by atoms with Crippen LogP contribution in [0.25, 0.3) is 10.8 Å². The van der Waals surface area contributed by atoms with Gasteiger partial charge in [-0.3, -0.25) is 0 Å². The summed E-state index contributed by atoms with van der Waals surface area (Å²) < 4.78 is 15.9. The van der Waals surface area contributed by atoms with Gasteiger partial charge in [-0.2, -0.15) is 0 Å². The number of esters is 1. The van der Waals surface area contributed by atoms with Crippen molar-refractivity contribution in [3.63, 3.8) is 0 Å². The van der Waals surface area contributed by atoms with Crippen LogP contribution in [0, 0.1) is 0 Å². The number of allylic oxidation sites excluding steroid dienone is 1. The minimum absolute atomic E-state index is 0.177. The van der Waals surface area contributed by atoms with Crippen molar-refractivity contribution < 1.29 is 19.0 Å². The van der Waals surface area contributed by atoms with Crippen LogP contribution >= 0.6 is 12.2 Å². The molecule has 1 heterocycles. The van der Waals surface area contributed by atoms with Gasteiger partial charge in [0.05, 0.1) is 25.3 Å². The number of carbonyl (C=O) groups is 1. The topological polar surface area (TPSA) is 68.8 Å². The second kappa shape index (κ2) is 8.37. The van der Waals surface area contributed by atoms with Crippen molar-refractivity contribution in [1.82, 2.24) is 10.6 Å². The maximum atomic E-state index is 12.8. The molecular weight excluding hydrogens is 364 g/mol. The van der Waals surface area contributed by atoms with Gasteiger partial charge in [0.15, 0.2) is 5.11 Å². The third-order valence-corrected chi connectivity index (χ3v) is 4.67. The Morgan fingerprint density at radius 3 is 2.67 bits per heavy atom. The Morgan fingerprint density at radius 2 is 1.93 bits per heavy atom. The predicted molar refractivity (Wildman–Crippen MR) is 108 cm³/mol. The lowest BCUT2D eigenvalue weighted by atomic mass is 9.90. The number of thiocarbonyl (C=S) groups is 1. The highest BCUT2D eigenvalue weighted by atomic mass is 32.1. The van der Waals surface area contributed by atoms with Crippen LogP contribution in [0.2, 0.25) is 0 Å². The van der Waals surface area contributed by atoms with E-state index in [0.29, 0.717) is 28.7 Å². The molecule has 7 heteroatoms. The van der Waals surface area contributed by atoms with Gasteiger partial charge in [0.1, 0.15) is 12.4 Å². The molecule has 3 rings (SSSR count). The Bertz CT molecular complexity index is 910. The summed E-state index contributed by atoms with van der Waals surface area (Å²) in [5, 5.41) is 8.69. The van der Waals surface area contributed by atoms with Crippen LogP contribution in [-0.2, 0) is 14.3 Å². The van der Waals surface area contributed by atoms with Crippen molar-refractivity contribution >= 4 is 34.1 Å². The van der Waals surface area contributed by atoms with E-state index in [4.69, 9.17) is 26.4 Å². The van der Waals surface area contributed by atoms with Gasteiger partial charge in [0.25, 0.3) is 0 Å². The van der Waals surface area contributed by atoms with E-state index in [1.165, 1.54) is 0 Å². The van der Waals surface area contributed by atoms with E-state index in [0.717, 1.165) is 16.3 Å². The maximum Gasteiger partial charge on any atom is 0.338 e. The third-order valence-electron chi connectivity index (χ3n) is 4.45. The first kappa shape index (κ1) is 19.1. The fourth-order valence-corrected chi connectivity index (χ4v) is 3.50. The van der Waals surface area contributed by atoms with Gasteiger partial charge in [0.2, 0.25) is 0 Å². The zero-order chi connectivity index (χ0) is 19.4. The molecule has 6 nitrogen and oxygen atoms in total. The molecule has 0 unspecified atom stereocenters. The lowest BCUT2D eigenvalue weighted by Crippen LogP contribution is -2.45. The van der Waals surface area contributed by atoms with Gasteiger partial charge in [-0.25, -0.2) is 4.79 Å². The molecule has 0 bridgehead atoms. The van der Waals surface area contributed by atoms with E-state index >= 15 is 0 Å². The molecule has 2 aromatic carbocycles. The fraction of sp³-hybridized carbons (Fsp3) is 0.300. The van der Waals surface area contributed by atoms with E-state index in [2.05, 4.69) is 10.6 Å². The zero-order valence-corrected chi connectivity index (χ0v) is 16.3. The Hall–Kier alpha value is -2.64. The first-order chi connectivity index (χ1) is 13.1. The molecule has 0 spiro atoms. The van der Waals surface area contributed by atoms with E-state index in [-0.39, 0.29) is 6.61 Å². The maximum absolute atomic E-state index is 12.8. The van der Waals surface area contributed by atoms with Crippen molar-refractivity contribution in [3.8, 4) is 5.75 Å². The van der Waals surface area contributed by atoms with Crippen LogP contribution in [0.5, 0.6) is 5.75 Å². The van der Waals surface area contributed by atoms with E-state index < -0.39 is 12.0 Å². The normalized spacial score (nSPS) is 16.7. The summed E-state index contributed by atoms with van der Waals surface area (Å²) in [7, 11) is 3.17. The summed E-state index contributed by atoms with van der Waals surface area (Å²) in [5.74, 6) is 0.248. The van der Waals surface area contributed by atoms with Crippen LogP contribution in [0.15, 0.2) is 47.7 Å². The Kier molecular flexibility index (Phi) is 5.93. The van der Waals surface area contributed by atoms with Crippen molar-refractivity contribution in [1.29, 1.82) is 0 Å². The number of nitrogens with one attached hydrogen (secondary N) is 2. The molecule has 0 radical (unpaired) electrons. The number of rotatable bonds is 6. The number of ether oxygens (including phenoxy) is 3. The van der Waals surface area contributed by atoms with Crippen molar-refractivity contribution in [2.75, 3.05) is 27.4 Å². The summed E-state index contributed by atoms with van der Waals surface area (Å²) in [4.78, 5) is 12.8. The van der Waals surface area contributed by atoms with Crippen molar-refractivity contribution in [3.05, 3.63) is 53.2 Å². The second-order valence-electron chi connectivity index (χ2n) is 6.10. The van der Waals surface area contributed by atoms with Crippen LogP contribution < -0.4 is 15.4 Å². The third kappa shape index (κ3) is 3.89. The summed E-state index contributed by atoms with van der Waals surface area (Å²) >= 11 is 5.34. The Labute approximate surface area is 163 Å². The number of hydrogen-bond acceptors (Lipinski definition) is 5. The molecule has 142 valence electrons. The lowest BCUT2D eigenvalue weighted by Gasteiger charge is -2.31. The fourth-order valence-electron chi connectivity index (χ4n) is 3.23. The molecule has 1 atom stereocenters. The SMILES string of the molecule is COCCOC(=O)C1=C(C)NC(=S)N[C@@H]1c1c(OC)ccc2ccccc12. The average Bonchev–Trinajstić information content (AvgIpc) is 2.66. The Morgan fingerprint density at radius 1 is 1.15 bits per heavy atom. The highest BCUT2D eigenvalue weighted by Crippen LogP contribution is 2.38. The predicted octanol–water partition coefficient (Wildman–Crippen LogP) is 2.83. The van der Waals surface area contributed by atoms with Gasteiger partial charge in [-0.05, 0) is 36.0 Å². The number of carbonyl (C=O) groups excluding carboxylic acids is 1. The molecule has 0 saturated carbocycles. The van der Waals surface area contributed by atoms with Gasteiger partial charge in [-0.1, -0.05) is 30.3 Å². The molecule has 1 aliphatic heterocycles. The van der Waals surface area contributed by atoms with Gasteiger partial charge >= 0.3 is 5.97 Å². The largest absolute Gasteiger partial charge is 0.496 e. The summed E-state index contributed by atoms with van der Waals surface area (Å²) in [6.45, 7) is 2.32. The summed E-state index contributed by atoms with van der Waals surface area (Å²) in [6.07, 6.45) is 0. The van der Waals surface area contributed by atoms with Crippen LogP contribution in [0.3, 0.4) is 0 Å². The molecule has 0 amide bonds. The van der Waals surface area contributed by atoms with Gasteiger partial charge in [-0.15, -0.1) is 0 Å². The van der Waals surface area contributed by atoms with Gasteiger partial charge < -0.3 is 24.8 Å². The standard InChI is InChI=1S/C20H22N2O4S/c1-12-16(19(23)26-11-10-24-2)18(22-20(27)21-12)17-14-7-5-4-6-13(14)8-9-15(17)25-3/h4-9,18H,10-11H2,1-3H3,(H2,21,22,27)/t18-/m0/s1. The second-order valence-corrected chi connectivity index (χ2v) is 6.51. The quantitative estimate of drug-likeness (QED) is 0.449. The van der Waals surface area contributed by atoms with Gasteiger partial charge in [0, 0.05) is 18.4 Å². The molecule has 0 fully saturated rings. The summed E-state index contributed by atoms with van der Waals surface area (Å²) in [6, 6.07) is 11.3. The van der Waals surface area contributed by atoms with E-state index in [1.807, 2.05) is 43.3 Å². The van der Waals surface area contributed by atoms with E-state index in [9.17, 15) is 4.79 Å². The van der Waals surface area contributed by atoms with Crippen LogP contribution in [-0.4, -0.2) is 38.5 Å². The van der Waals surface area contributed by atoms with Crippen LogP contribution in [0.4, 0.5) is 0 Å². The molecular formula is C20H22N2O4S. The molecule has 27 heavy (non-hydrogen) atoms. The molecule has 0 aromatic heterocycles. The molecule has 2 N–H and O–H groups in total.